The van der Waals surface area contributed by atoms with Gasteiger partial charge in [0.1, 0.15) is 12.4 Å². The van der Waals surface area contributed by atoms with Crippen molar-refractivity contribution in [2.24, 2.45) is 5.18 Å². The first-order valence-corrected chi connectivity index (χ1v) is 5.81. The van der Waals surface area contributed by atoms with Crippen LogP contribution in [0.5, 0.6) is 5.75 Å². The summed E-state index contributed by atoms with van der Waals surface area (Å²) in [7, 11) is 3.89. The number of likely N-dealkylation sites (N-methyl/N-ethyl adjacent to an activating group) is 1. The largest absolute Gasteiger partial charge is 0.490 e. The molecule has 0 unspecified atom stereocenters. The molecule has 1 rings (SSSR count). The van der Waals surface area contributed by atoms with Crippen molar-refractivity contribution < 1.29 is 4.74 Å². The Bertz CT molecular complexity index is 385. The summed E-state index contributed by atoms with van der Waals surface area (Å²) in [6.07, 6.45) is 0. The molecular formula is C10H12BrClN2O2. The Morgan fingerprint density at radius 1 is 1.50 bits per heavy atom. The van der Waals surface area contributed by atoms with Gasteiger partial charge in [-0.15, -0.1) is 4.91 Å². The molecule has 0 amide bonds. The average Bonchev–Trinajstić information content (AvgIpc) is 2.22. The Morgan fingerprint density at radius 3 is 2.75 bits per heavy atom. The quantitative estimate of drug-likeness (QED) is 0.783. The van der Waals surface area contributed by atoms with Crippen LogP contribution in [0.25, 0.3) is 0 Å². The van der Waals surface area contributed by atoms with E-state index in [-0.39, 0.29) is 5.69 Å². The zero-order valence-corrected chi connectivity index (χ0v) is 11.4. The second kappa shape index (κ2) is 6.18. The molecule has 0 saturated carbocycles. The van der Waals surface area contributed by atoms with E-state index in [4.69, 9.17) is 16.3 Å². The number of nitrogens with zero attached hydrogens (tertiary/aromatic N) is 2. The lowest BCUT2D eigenvalue weighted by Gasteiger charge is -2.12. The molecule has 0 spiro atoms. The predicted octanol–water partition coefficient (Wildman–Crippen LogP) is 3.44. The molecule has 88 valence electrons. The van der Waals surface area contributed by atoms with Crippen LogP contribution in [0.3, 0.4) is 0 Å². The maximum absolute atomic E-state index is 10.6. The highest BCUT2D eigenvalue weighted by atomic mass is 79.9. The van der Waals surface area contributed by atoms with Crippen molar-refractivity contribution in [3.63, 3.8) is 0 Å². The van der Waals surface area contributed by atoms with Crippen LogP contribution in [0.1, 0.15) is 0 Å². The van der Waals surface area contributed by atoms with E-state index < -0.39 is 0 Å². The van der Waals surface area contributed by atoms with Crippen molar-refractivity contribution in [1.29, 1.82) is 0 Å². The topological polar surface area (TPSA) is 41.9 Å². The molecule has 0 N–H and O–H groups in total. The van der Waals surface area contributed by atoms with Gasteiger partial charge >= 0.3 is 0 Å². The van der Waals surface area contributed by atoms with Gasteiger partial charge in [-0.2, -0.15) is 0 Å². The molecule has 0 fully saturated rings. The lowest BCUT2D eigenvalue weighted by Crippen LogP contribution is -2.19. The minimum Gasteiger partial charge on any atom is -0.490 e. The number of hydrogen-bond donors (Lipinski definition) is 0. The zero-order valence-electron chi connectivity index (χ0n) is 9.04. The minimum absolute atomic E-state index is 0.215. The molecule has 16 heavy (non-hydrogen) atoms. The third-order valence-electron chi connectivity index (χ3n) is 1.90. The van der Waals surface area contributed by atoms with Crippen molar-refractivity contribution in [2.45, 2.75) is 0 Å². The van der Waals surface area contributed by atoms with Crippen LogP contribution in [-0.4, -0.2) is 32.1 Å². The molecule has 0 saturated heterocycles. The Balaban J connectivity index is 2.78. The van der Waals surface area contributed by atoms with Crippen molar-refractivity contribution >= 4 is 33.2 Å². The van der Waals surface area contributed by atoms with Crippen molar-refractivity contribution in [1.82, 2.24) is 4.90 Å². The van der Waals surface area contributed by atoms with E-state index >= 15 is 0 Å². The molecule has 0 bridgehead atoms. The fourth-order valence-electron chi connectivity index (χ4n) is 1.04. The highest BCUT2D eigenvalue weighted by Crippen LogP contribution is 2.36. The maximum Gasteiger partial charge on any atom is 0.151 e. The van der Waals surface area contributed by atoms with Gasteiger partial charge in [-0.1, -0.05) is 11.6 Å². The number of ether oxygens (including phenoxy) is 1. The highest BCUT2D eigenvalue weighted by Gasteiger charge is 2.09. The zero-order chi connectivity index (χ0) is 12.1. The van der Waals surface area contributed by atoms with Gasteiger partial charge in [0.15, 0.2) is 5.69 Å². The molecular weight excluding hydrogens is 295 g/mol. The number of benzene rings is 1. The molecule has 0 aromatic heterocycles. The molecule has 0 heterocycles. The van der Waals surface area contributed by atoms with Gasteiger partial charge in [0.05, 0.1) is 5.02 Å². The lowest BCUT2D eigenvalue weighted by atomic mass is 10.3. The van der Waals surface area contributed by atoms with E-state index in [9.17, 15) is 4.91 Å². The van der Waals surface area contributed by atoms with Crippen LogP contribution in [0.2, 0.25) is 5.02 Å². The summed E-state index contributed by atoms with van der Waals surface area (Å²) < 4.78 is 6.13. The Morgan fingerprint density at radius 2 is 2.19 bits per heavy atom. The van der Waals surface area contributed by atoms with E-state index in [0.717, 1.165) is 6.54 Å². The minimum atomic E-state index is 0.215. The molecule has 0 aliphatic carbocycles. The van der Waals surface area contributed by atoms with Crippen molar-refractivity contribution in [3.05, 3.63) is 26.5 Å². The summed E-state index contributed by atoms with van der Waals surface area (Å²) >= 11 is 9.10. The first-order chi connectivity index (χ1) is 7.54. The molecule has 0 radical (unpaired) electrons. The van der Waals surface area contributed by atoms with Crippen molar-refractivity contribution in [2.75, 3.05) is 27.2 Å². The van der Waals surface area contributed by atoms with Crippen LogP contribution in [0, 0.1) is 4.91 Å². The summed E-state index contributed by atoms with van der Waals surface area (Å²) in [6.45, 7) is 1.25. The smallest absolute Gasteiger partial charge is 0.151 e. The number of halogens is 2. The number of rotatable bonds is 5. The Labute approximate surface area is 108 Å². The van der Waals surface area contributed by atoms with E-state index in [1.54, 1.807) is 6.07 Å². The van der Waals surface area contributed by atoms with Crippen LogP contribution < -0.4 is 4.74 Å². The SMILES string of the molecule is CN(C)CCOc1cc(Br)c(Cl)cc1N=O. The van der Waals surface area contributed by atoms with Gasteiger partial charge < -0.3 is 9.64 Å². The standard InChI is InChI=1S/C10H12BrClN2O2/c1-14(2)3-4-16-10-5-7(11)8(12)6-9(10)13-15/h5-6H,3-4H2,1-2H3. The van der Waals surface area contributed by atoms with Crippen LogP contribution in [0.15, 0.2) is 21.8 Å². The summed E-state index contributed by atoms with van der Waals surface area (Å²) in [5.41, 5.74) is 0.215. The third kappa shape index (κ3) is 3.73. The predicted molar refractivity (Wildman–Crippen MR) is 68.7 cm³/mol. The van der Waals surface area contributed by atoms with E-state index in [1.165, 1.54) is 6.07 Å². The van der Waals surface area contributed by atoms with Crippen LogP contribution in [0.4, 0.5) is 5.69 Å². The molecule has 0 atom stereocenters. The monoisotopic (exact) mass is 306 g/mol. The Kier molecular flexibility index (Phi) is 5.18. The van der Waals surface area contributed by atoms with Gasteiger partial charge in [0.25, 0.3) is 0 Å². The average molecular weight is 308 g/mol. The van der Waals surface area contributed by atoms with Crippen LogP contribution >= 0.6 is 27.5 Å². The Hall–Kier alpha value is -0.650. The normalized spacial score (nSPS) is 10.6. The lowest BCUT2D eigenvalue weighted by molar-refractivity contribution is 0.262. The molecule has 0 aliphatic heterocycles. The first kappa shape index (κ1) is 13.4. The maximum atomic E-state index is 10.6. The first-order valence-electron chi connectivity index (χ1n) is 4.64. The number of hydrogen-bond acceptors (Lipinski definition) is 4. The summed E-state index contributed by atoms with van der Waals surface area (Å²) in [6, 6.07) is 3.12. The highest BCUT2D eigenvalue weighted by molar-refractivity contribution is 9.10. The van der Waals surface area contributed by atoms with Gasteiger partial charge in [-0.05, 0) is 47.3 Å². The summed E-state index contributed by atoms with van der Waals surface area (Å²) in [4.78, 5) is 12.6. The third-order valence-corrected chi connectivity index (χ3v) is 3.09. The summed E-state index contributed by atoms with van der Waals surface area (Å²) in [5.74, 6) is 0.438. The molecule has 1 aromatic carbocycles. The second-order valence-corrected chi connectivity index (χ2v) is 4.74. The fraction of sp³-hybridized carbons (Fsp3) is 0.400. The summed E-state index contributed by atoms with van der Waals surface area (Å²) in [5, 5.41) is 3.32. The molecule has 6 heteroatoms. The van der Waals surface area contributed by atoms with Gasteiger partial charge in [-0.3, -0.25) is 0 Å². The van der Waals surface area contributed by atoms with Gasteiger partial charge in [0.2, 0.25) is 0 Å². The van der Waals surface area contributed by atoms with E-state index in [2.05, 4.69) is 21.1 Å². The molecule has 4 nitrogen and oxygen atoms in total. The van der Waals surface area contributed by atoms with E-state index in [0.29, 0.717) is 21.9 Å². The second-order valence-electron chi connectivity index (χ2n) is 3.48. The molecule has 0 aliphatic rings. The van der Waals surface area contributed by atoms with Crippen LogP contribution in [-0.2, 0) is 0 Å². The van der Waals surface area contributed by atoms with Crippen molar-refractivity contribution in [3.8, 4) is 5.75 Å². The molecule has 1 aromatic rings. The number of nitroso groups, excluding NO2 is 1. The fourth-order valence-corrected chi connectivity index (χ4v) is 1.52. The van der Waals surface area contributed by atoms with Gasteiger partial charge in [0, 0.05) is 11.0 Å². The van der Waals surface area contributed by atoms with E-state index in [1.807, 2.05) is 19.0 Å². The van der Waals surface area contributed by atoms with Gasteiger partial charge in [-0.25, -0.2) is 0 Å².